The molecule has 33 heavy (non-hydrogen) atoms. The van der Waals surface area contributed by atoms with Gasteiger partial charge in [-0.2, -0.15) is 0 Å². The average Bonchev–Trinajstić information content (AvgIpc) is 2.78. The zero-order valence-electron chi connectivity index (χ0n) is 18.1. The Labute approximate surface area is 198 Å². The summed E-state index contributed by atoms with van der Waals surface area (Å²) in [6.45, 7) is 4.16. The summed E-state index contributed by atoms with van der Waals surface area (Å²) in [5.41, 5.74) is 0.688. The molecule has 1 fully saturated rings. The predicted octanol–water partition coefficient (Wildman–Crippen LogP) is 3.70. The third-order valence-corrected chi connectivity index (χ3v) is 5.18. The quantitative estimate of drug-likeness (QED) is 0.339. The number of nitrogens with one attached hydrogen (secondary N) is 1. The normalized spacial score (nSPS) is 14.8. The van der Waals surface area contributed by atoms with Gasteiger partial charge in [0.2, 0.25) is 0 Å². The summed E-state index contributed by atoms with van der Waals surface area (Å²) < 4.78 is 16.4. The van der Waals surface area contributed by atoms with Crippen molar-refractivity contribution < 1.29 is 33.4 Å². The molecule has 9 nitrogen and oxygen atoms in total. The molecule has 172 valence electrons. The Morgan fingerprint density at radius 1 is 1.09 bits per heavy atom. The number of barbiturate groups is 1. The van der Waals surface area contributed by atoms with Crippen LogP contribution in [-0.2, 0) is 14.3 Å². The molecule has 0 spiro atoms. The van der Waals surface area contributed by atoms with E-state index in [-0.39, 0.29) is 23.4 Å². The third-order valence-electron chi connectivity index (χ3n) is 4.59. The number of benzene rings is 2. The minimum absolute atomic E-state index is 0.189. The van der Waals surface area contributed by atoms with Gasteiger partial charge < -0.3 is 14.2 Å². The van der Waals surface area contributed by atoms with E-state index in [4.69, 9.17) is 14.2 Å². The Bertz CT molecular complexity index is 1140. The first-order chi connectivity index (χ1) is 15.8. The summed E-state index contributed by atoms with van der Waals surface area (Å²) >= 11 is 3.40. The molecule has 0 radical (unpaired) electrons. The van der Waals surface area contributed by atoms with Crippen molar-refractivity contribution in [3.05, 3.63) is 57.6 Å². The van der Waals surface area contributed by atoms with E-state index in [9.17, 15) is 19.2 Å². The van der Waals surface area contributed by atoms with Gasteiger partial charge in [0.1, 0.15) is 5.57 Å². The molecule has 2 aromatic rings. The minimum atomic E-state index is -0.892. The number of hydrogen-bond donors (Lipinski definition) is 1. The number of hydrogen-bond acceptors (Lipinski definition) is 7. The van der Waals surface area contributed by atoms with Crippen molar-refractivity contribution >= 4 is 51.5 Å². The number of carbonyl (C=O) groups is 4. The van der Waals surface area contributed by atoms with Gasteiger partial charge in [-0.1, -0.05) is 0 Å². The van der Waals surface area contributed by atoms with Crippen LogP contribution in [0.15, 0.2) is 46.4 Å². The summed E-state index contributed by atoms with van der Waals surface area (Å²) in [5, 5.41) is 2.16. The monoisotopic (exact) mass is 516 g/mol. The van der Waals surface area contributed by atoms with Gasteiger partial charge in [0.25, 0.3) is 11.8 Å². The molecule has 1 aliphatic rings. The molecule has 2 aromatic carbocycles. The fourth-order valence-corrected chi connectivity index (χ4v) is 3.70. The predicted molar refractivity (Wildman–Crippen MR) is 123 cm³/mol. The Kier molecular flexibility index (Phi) is 7.49. The van der Waals surface area contributed by atoms with E-state index in [1.165, 1.54) is 37.5 Å². The van der Waals surface area contributed by atoms with Gasteiger partial charge in [-0.05, 0) is 77.8 Å². The maximum atomic E-state index is 13.1. The van der Waals surface area contributed by atoms with Gasteiger partial charge in [0.15, 0.2) is 11.5 Å². The van der Waals surface area contributed by atoms with E-state index < -0.39 is 23.8 Å². The number of rotatable bonds is 7. The fourth-order valence-electron chi connectivity index (χ4n) is 3.13. The molecule has 10 heteroatoms. The Hall–Kier alpha value is -3.66. The van der Waals surface area contributed by atoms with E-state index in [1.54, 1.807) is 19.1 Å². The van der Waals surface area contributed by atoms with Crippen molar-refractivity contribution in [3.63, 3.8) is 0 Å². The van der Waals surface area contributed by atoms with Crippen LogP contribution in [0.4, 0.5) is 10.5 Å². The van der Waals surface area contributed by atoms with Gasteiger partial charge in [-0.25, -0.2) is 14.5 Å². The van der Waals surface area contributed by atoms with Crippen LogP contribution in [0.3, 0.4) is 0 Å². The highest BCUT2D eigenvalue weighted by Gasteiger charge is 2.37. The number of anilines is 1. The molecule has 3 rings (SSSR count). The van der Waals surface area contributed by atoms with Crippen molar-refractivity contribution in [2.75, 3.05) is 25.2 Å². The molecule has 1 heterocycles. The first kappa shape index (κ1) is 24.0. The lowest BCUT2D eigenvalue weighted by molar-refractivity contribution is -0.122. The van der Waals surface area contributed by atoms with Crippen LogP contribution in [-0.4, -0.2) is 44.1 Å². The molecule has 0 aromatic heterocycles. The Balaban J connectivity index is 1.96. The van der Waals surface area contributed by atoms with Crippen molar-refractivity contribution in [2.24, 2.45) is 0 Å². The number of imide groups is 2. The van der Waals surface area contributed by atoms with Crippen LogP contribution in [0, 0.1) is 0 Å². The number of ether oxygens (including phenoxy) is 3. The first-order valence-corrected chi connectivity index (χ1v) is 10.8. The number of esters is 1. The maximum Gasteiger partial charge on any atom is 0.338 e. The second-order valence-corrected chi connectivity index (χ2v) is 7.55. The number of urea groups is 1. The number of methoxy groups -OCH3 is 1. The molecular formula is C23H21BrN2O7. The molecule has 1 saturated heterocycles. The van der Waals surface area contributed by atoms with Crippen LogP contribution in [0.5, 0.6) is 11.5 Å². The number of carbonyl (C=O) groups excluding carboxylic acids is 4. The second-order valence-electron chi connectivity index (χ2n) is 6.69. The molecule has 0 bridgehead atoms. The van der Waals surface area contributed by atoms with Crippen LogP contribution in [0.25, 0.3) is 6.08 Å². The van der Waals surface area contributed by atoms with E-state index in [0.29, 0.717) is 28.1 Å². The smallest absolute Gasteiger partial charge is 0.338 e. The molecular weight excluding hydrogens is 496 g/mol. The van der Waals surface area contributed by atoms with E-state index >= 15 is 0 Å². The average molecular weight is 517 g/mol. The summed E-state index contributed by atoms with van der Waals surface area (Å²) in [5.74, 6) is -1.27. The molecule has 4 amide bonds. The Morgan fingerprint density at radius 3 is 2.39 bits per heavy atom. The van der Waals surface area contributed by atoms with E-state index in [1.807, 2.05) is 6.92 Å². The van der Waals surface area contributed by atoms with Crippen LogP contribution in [0.2, 0.25) is 0 Å². The lowest BCUT2D eigenvalue weighted by atomic mass is 10.1. The highest BCUT2D eigenvalue weighted by atomic mass is 79.9. The van der Waals surface area contributed by atoms with E-state index in [2.05, 4.69) is 21.2 Å². The highest BCUT2D eigenvalue weighted by Crippen LogP contribution is 2.37. The van der Waals surface area contributed by atoms with E-state index in [0.717, 1.165) is 4.90 Å². The number of nitrogens with zero attached hydrogens (tertiary/aromatic N) is 1. The third kappa shape index (κ3) is 5.06. The van der Waals surface area contributed by atoms with Crippen LogP contribution in [0.1, 0.15) is 29.8 Å². The summed E-state index contributed by atoms with van der Waals surface area (Å²) in [6.07, 6.45) is 1.35. The van der Waals surface area contributed by atoms with Crippen LogP contribution >= 0.6 is 15.9 Å². The molecule has 0 aliphatic carbocycles. The second kappa shape index (κ2) is 10.3. The maximum absolute atomic E-state index is 13.1. The van der Waals surface area contributed by atoms with Crippen LogP contribution < -0.4 is 19.7 Å². The summed E-state index contributed by atoms with van der Waals surface area (Å²) in [4.78, 5) is 50.6. The summed E-state index contributed by atoms with van der Waals surface area (Å²) in [6, 6.07) is 8.09. The van der Waals surface area contributed by atoms with Gasteiger partial charge in [-0.15, -0.1) is 0 Å². The first-order valence-electron chi connectivity index (χ1n) is 9.99. The van der Waals surface area contributed by atoms with Crippen molar-refractivity contribution in [3.8, 4) is 11.5 Å². The highest BCUT2D eigenvalue weighted by molar-refractivity contribution is 9.10. The van der Waals surface area contributed by atoms with Crippen molar-refractivity contribution in [1.29, 1.82) is 0 Å². The number of halogens is 1. The van der Waals surface area contributed by atoms with Crippen molar-refractivity contribution in [1.82, 2.24) is 5.32 Å². The molecule has 0 atom stereocenters. The largest absolute Gasteiger partial charge is 0.493 e. The fraction of sp³-hybridized carbons (Fsp3) is 0.217. The molecule has 1 aliphatic heterocycles. The molecule has 0 saturated carbocycles. The molecule has 1 N–H and O–H groups in total. The lowest BCUT2D eigenvalue weighted by Gasteiger charge is -2.26. The van der Waals surface area contributed by atoms with Gasteiger partial charge in [-0.3, -0.25) is 14.9 Å². The Morgan fingerprint density at radius 2 is 1.79 bits per heavy atom. The standard InChI is InChI=1S/C23H21BrN2O7/c1-4-32-19-17(24)11-13(12-18(19)31-3)10-16-20(27)25-23(30)26(21(16)28)15-8-6-14(7-9-15)22(29)33-5-2/h6-12H,4-5H2,1-3H3,(H,25,27,30)/b16-10+. The van der Waals surface area contributed by atoms with Gasteiger partial charge in [0.05, 0.1) is 36.0 Å². The topological polar surface area (TPSA) is 111 Å². The zero-order valence-corrected chi connectivity index (χ0v) is 19.7. The molecule has 0 unspecified atom stereocenters. The SMILES string of the molecule is CCOC(=O)c1ccc(N2C(=O)NC(=O)/C(=C\c3cc(Br)c(OCC)c(OC)c3)C2=O)cc1. The number of amides is 4. The lowest BCUT2D eigenvalue weighted by Crippen LogP contribution is -2.54. The van der Waals surface area contributed by atoms with Gasteiger partial charge in [0, 0.05) is 0 Å². The zero-order chi connectivity index (χ0) is 24.1. The van der Waals surface area contributed by atoms with Crippen molar-refractivity contribution in [2.45, 2.75) is 13.8 Å². The minimum Gasteiger partial charge on any atom is -0.493 e. The van der Waals surface area contributed by atoms with Gasteiger partial charge >= 0.3 is 12.0 Å². The summed E-state index contributed by atoms with van der Waals surface area (Å²) in [7, 11) is 1.47.